The van der Waals surface area contributed by atoms with Gasteiger partial charge in [-0.25, -0.2) is 0 Å². The molecule has 1 fully saturated rings. The number of benzene rings is 2. The molecule has 0 N–H and O–H groups in total. The van der Waals surface area contributed by atoms with Crippen molar-refractivity contribution in [1.29, 1.82) is 0 Å². The van der Waals surface area contributed by atoms with Gasteiger partial charge in [0.25, 0.3) is 0 Å². The van der Waals surface area contributed by atoms with Crippen LogP contribution in [-0.2, 0) is 25.1 Å². The first-order valence-corrected chi connectivity index (χ1v) is 17.2. The van der Waals surface area contributed by atoms with Gasteiger partial charge in [-0.3, -0.25) is 4.18 Å². The molecule has 0 spiro atoms. The monoisotopic (exact) mass is 550 g/mol. The highest BCUT2D eigenvalue weighted by molar-refractivity contribution is 7.87. The van der Waals surface area contributed by atoms with Gasteiger partial charge in [0.15, 0.2) is 0 Å². The van der Waals surface area contributed by atoms with E-state index in [0.717, 1.165) is 40.3 Å². The van der Waals surface area contributed by atoms with Crippen LogP contribution < -0.4 is 0 Å². The fraction of sp³-hybridized carbons (Fsp3) is 0.517. The van der Waals surface area contributed by atoms with Crippen LogP contribution in [0.3, 0.4) is 0 Å². The summed E-state index contributed by atoms with van der Waals surface area (Å²) >= 11 is 0. The molecule has 8 heteroatoms. The van der Waals surface area contributed by atoms with E-state index in [1.165, 1.54) is 11.1 Å². The van der Waals surface area contributed by atoms with Crippen molar-refractivity contribution in [3.63, 3.8) is 0 Å². The number of fused-ring (bicyclic) bond motifs is 1. The number of hydrogen-bond donors (Lipinski definition) is 0. The van der Waals surface area contributed by atoms with Crippen molar-refractivity contribution in [2.75, 3.05) is 0 Å². The second-order valence-electron chi connectivity index (χ2n) is 12.7. The van der Waals surface area contributed by atoms with Gasteiger partial charge in [0, 0.05) is 0 Å². The fourth-order valence-electron chi connectivity index (χ4n) is 5.17. The maximum atomic E-state index is 13.4. The zero-order valence-electron chi connectivity index (χ0n) is 22.9. The van der Waals surface area contributed by atoms with Gasteiger partial charge in [-0.2, -0.15) is 21.6 Å². The lowest BCUT2D eigenvalue weighted by Crippen LogP contribution is -2.27. The molecule has 0 bridgehead atoms. The van der Waals surface area contributed by atoms with E-state index in [1.807, 2.05) is 6.07 Å². The molecule has 2 aliphatic carbocycles. The van der Waals surface area contributed by atoms with Gasteiger partial charge in [-0.05, 0) is 68.5 Å². The molecule has 202 valence electrons. The van der Waals surface area contributed by atoms with Crippen molar-refractivity contribution >= 4 is 24.1 Å². The number of rotatable bonds is 5. The highest BCUT2D eigenvalue weighted by atomic mass is 32.2. The Bertz CT molecular complexity index is 1320. The van der Waals surface area contributed by atoms with Crippen molar-refractivity contribution in [3.05, 3.63) is 64.2 Å². The molecule has 0 aromatic heterocycles. The average molecular weight is 551 g/mol. The minimum atomic E-state index is -5.76. The van der Waals surface area contributed by atoms with Gasteiger partial charge >= 0.3 is 15.6 Å². The van der Waals surface area contributed by atoms with Gasteiger partial charge in [0.2, 0.25) is 0 Å². The summed E-state index contributed by atoms with van der Waals surface area (Å²) in [7, 11) is -7.36. The van der Waals surface area contributed by atoms with E-state index >= 15 is 0 Å². The molecule has 2 aromatic rings. The average Bonchev–Trinajstić information content (AvgIpc) is 3.53. The SMILES string of the molecule is C[SiH](C)C1=C(C2CC2)C(OS(=O)(=O)C(F)(F)F)c2cccc(-c3cc(C(C)(C)C)cc(C(C)(C)C)c3)c21. The maximum Gasteiger partial charge on any atom is 0.523 e. The Morgan fingerprint density at radius 2 is 1.43 bits per heavy atom. The summed E-state index contributed by atoms with van der Waals surface area (Å²) in [4.78, 5) is 0. The minimum Gasteiger partial charge on any atom is -0.250 e. The third-order valence-corrected chi connectivity index (χ3v) is 10.1. The molecule has 4 rings (SSSR count). The Hall–Kier alpha value is -1.90. The Balaban J connectivity index is 2.00. The van der Waals surface area contributed by atoms with Crippen LogP contribution in [-0.4, -0.2) is 22.7 Å². The van der Waals surface area contributed by atoms with Gasteiger partial charge in [-0.1, -0.05) is 96.2 Å². The second-order valence-corrected chi connectivity index (χ2v) is 17.2. The molecule has 37 heavy (non-hydrogen) atoms. The summed E-state index contributed by atoms with van der Waals surface area (Å²) in [5.41, 5.74) is 0.743. The van der Waals surface area contributed by atoms with Crippen LogP contribution in [0, 0.1) is 5.92 Å². The van der Waals surface area contributed by atoms with Gasteiger partial charge in [-0.15, -0.1) is 0 Å². The van der Waals surface area contributed by atoms with E-state index in [2.05, 4.69) is 72.8 Å². The molecular formula is C29H37F3O3SSi. The van der Waals surface area contributed by atoms with Gasteiger partial charge < -0.3 is 0 Å². The van der Waals surface area contributed by atoms with E-state index in [1.54, 1.807) is 12.1 Å². The predicted molar refractivity (Wildman–Crippen MR) is 147 cm³/mol. The standard InChI is InChI=1S/C29H37F3O3SSi/c1-27(2,3)19-14-18(15-20(16-19)28(4,5)6)21-10-9-11-22-24(21)26(37(7)8)23(17-12-13-17)25(22)35-36(33,34)29(30,31)32/h9-11,14-17,25,37H,12-13H2,1-8H3. The summed E-state index contributed by atoms with van der Waals surface area (Å²) in [6, 6.07) is 12.1. The van der Waals surface area contributed by atoms with Crippen molar-refractivity contribution < 1.29 is 25.8 Å². The Kier molecular flexibility index (Phi) is 6.91. The molecule has 0 saturated heterocycles. The Morgan fingerprint density at radius 3 is 1.86 bits per heavy atom. The summed E-state index contributed by atoms with van der Waals surface area (Å²) in [5, 5.41) is 1.05. The number of alkyl halides is 3. The first kappa shape index (κ1) is 28.1. The molecule has 0 aliphatic heterocycles. The van der Waals surface area contributed by atoms with Crippen LogP contribution in [0.2, 0.25) is 13.1 Å². The predicted octanol–water partition coefficient (Wildman–Crippen LogP) is 8.06. The Morgan fingerprint density at radius 1 is 0.892 bits per heavy atom. The molecule has 1 unspecified atom stereocenters. The lowest BCUT2D eigenvalue weighted by atomic mass is 9.78. The van der Waals surface area contributed by atoms with Crippen LogP contribution >= 0.6 is 0 Å². The van der Waals surface area contributed by atoms with E-state index in [-0.39, 0.29) is 16.7 Å². The first-order chi connectivity index (χ1) is 16.8. The normalized spacial score (nSPS) is 19.1. The highest BCUT2D eigenvalue weighted by Gasteiger charge is 2.52. The molecular weight excluding hydrogens is 513 g/mol. The second kappa shape index (κ2) is 9.09. The summed E-state index contributed by atoms with van der Waals surface area (Å²) in [6.45, 7) is 17.3. The van der Waals surface area contributed by atoms with Crippen LogP contribution in [0.5, 0.6) is 0 Å². The van der Waals surface area contributed by atoms with Crippen molar-refractivity contribution in [2.45, 2.75) is 89.9 Å². The quantitative estimate of drug-likeness (QED) is 0.215. The molecule has 1 atom stereocenters. The van der Waals surface area contributed by atoms with Crippen molar-refractivity contribution in [2.24, 2.45) is 5.92 Å². The molecule has 3 nitrogen and oxygen atoms in total. The maximum absolute atomic E-state index is 13.4. The minimum absolute atomic E-state index is 0.0598. The van der Waals surface area contributed by atoms with E-state index < -0.39 is 30.5 Å². The molecule has 0 amide bonds. The lowest BCUT2D eigenvalue weighted by molar-refractivity contribution is -0.0564. The Labute approximate surface area is 220 Å². The summed E-state index contributed by atoms with van der Waals surface area (Å²) in [6.07, 6.45) is 0.443. The van der Waals surface area contributed by atoms with Gasteiger partial charge in [0.05, 0.1) is 8.80 Å². The van der Waals surface area contributed by atoms with Gasteiger partial charge in [0.1, 0.15) is 6.10 Å². The molecule has 0 heterocycles. The fourth-order valence-corrected chi connectivity index (χ4v) is 7.69. The highest BCUT2D eigenvalue weighted by Crippen LogP contribution is 2.56. The number of hydrogen-bond acceptors (Lipinski definition) is 3. The zero-order chi connectivity index (χ0) is 27.7. The zero-order valence-corrected chi connectivity index (χ0v) is 24.8. The molecule has 0 radical (unpaired) electrons. The van der Waals surface area contributed by atoms with Crippen LogP contribution in [0.25, 0.3) is 16.3 Å². The topological polar surface area (TPSA) is 43.4 Å². The summed E-state index contributed by atoms with van der Waals surface area (Å²) in [5.74, 6) is 0.0598. The third-order valence-electron chi connectivity index (χ3n) is 7.32. The lowest BCUT2D eigenvalue weighted by Gasteiger charge is -2.27. The van der Waals surface area contributed by atoms with Crippen LogP contribution in [0.1, 0.15) is 82.7 Å². The molecule has 2 aliphatic rings. The summed E-state index contributed by atoms with van der Waals surface area (Å²) < 4.78 is 69.6. The van der Waals surface area contributed by atoms with E-state index in [9.17, 15) is 21.6 Å². The van der Waals surface area contributed by atoms with Crippen LogP contribution in [0.4, 0.5) is 13.2 Å². The third kappa shape index (κ3) is 5.34. The van der Waals surface area contributed by atoms with E-state index in [0.29, 0.717) is 5.56 Å². The smallest absolute Gasteiger partial charge is 0.250 e. The van der Waals surface area contributed by atoms with E-state index in [4.69, 9.17) is 4.18 Å². The van der Waals surface area contributed by atoms with Crippen molar-refractivity contribution in [3.8, 4) is 11.1 Å². The van der Waals surface area contributed by atoms with Crippen LogP contribution in [0.15, 0.2) is 42.0 Å². The molecule has 2 aromatic carbocycles. The largest absolute Gasteiger partial charge is 0.523 e. The number of halogens is 3. The molecule has 1 saturated carbocycles. The van der Waals surface area contributed by atoms with Crippen molar-refractivity contribution in [1.82, 2.24) is 0 Å². The first-order valence-electron chi connectivity index (χ1n) is 12.9.